The normalized spacial score (nSPS) is 15.9. The van der Waals surface area contributed by atoms with E-state index in [1.54, 1.807) is 13.4 Å². The molecule has 0 unspecified atom stereocenters. The van der Waals surface area contributed by atoms with Crippen LogP contribution in [0.15, 0.2) is 10.8 Å². The van der Waals surface area contributed by atoms with Gasteiger partial charge in [0.1, 0.15) is 22.4 Å². The molecule has 0 saturated heterocycles. The first kappa shape index (κ1) is 15.5. The summed E-state index contributed by atoms with van der Waals surface area (Å²) in [4.78, 5) is 8.57. The van der Waals surface area contributed by atoms with E-state index in [0.717, 1.165) is 48.6 Å². The molecule has 0 bridgehead atoms. The smallest absolute Gasteiger partial charge is 0.145 e. The maximum absolute atomic E-state index is 5.18. The highest BCUT2D eigenvalue weighted by Gasteiger charge is 2.41. The van der Waals surface area contributed by atoms with E-state index in [9.17, 15) is 0 Å². The summed E-state index contributed by atoms with van der Waals surface area (Å²) >= 11 is 3.58. The largest absolute Gasteiger partial charge is 0.385 e. The molecule has 0 aliphatic heterocycles. The third kappa shape index (κ3) is 4.06. The molecule has 0 spiro atoms. The molecule has 0 amide bonds. The summed E-state index contributed by atoms with van der Waals surface area (Å²) in [7, 11) is 1.76. The van der Waals surface area contributed by atoms with Crippen LogP contribution in [0.5, 0.6) is 0 Å². The lowest BCUT2D eigenvalue weighted by atomic mass is 10.0. The summed E-state index contributed by atoms with van der Waals surface area (Å²) in [6.07, 6.45) is 6.32. The van der Waals surface area contributed by atoms with Crippen LogP contribution in [0, 0.1) is 5.41 Å². The van der Waals surface area contributed by atoms with Gasteiger partial charge in [-0.15, -0.1) is 0 Å². The second-order valence-corrected chi connectivity index (χ2v) is 6.20. The first-order chi connectivity index (χ1) is 9.71. The summed E-state index contributed by atoms with van der Waals surface area (Å²) in [6.45, 7) is 4.82. The molecule has 2 N–H and O–H groups in total. The molecular weight excluding hydrogens is 320 g/mol. The van der Waals surface area contributed by atoms with Crippen LogP contribution >= 0.6 is 15.9 Å². The fraction of sp³-hybridized carbons (Fsp3) is 0.714. The molecule has 6 heteroatoms. The molecule has 1 aromatic rings. The van der Waals surface area contributed by atoms with Crippen LogP contribution in [0.1, 0.15) is 32.6 Å². The summed E-state index contributed by atoms with van der Waals surface area (Å²) in [5.41, 5.74) is 0.400. The summed E-state index contributed by atoms with van der Waals surface area (Å²) in [6, 6.07) is 0. The number of nitrogens with zero attached hydrogens (tertiary/aromatic N) is 2. The van der Waals surface area contributed by atoms with Crippen LogP contribution < -0.4 is 10.6 Å². The van der Waals surface area contributed by atoms with Gasteiger partial charge >= 0.3 is 0 Å². The SMILES string of the molecule is CCCNc1ncnc(NCC2(CCOC)CC2)c1Br. The zero-order valence-electron chi connectivity index (χ0n) is 12.2. The number of hydrogen-bond acceptors (Lipinski definition) is 5. The molecule has 0 aromatic carbocycles. The molecule has 0 radical (unpaired) electrons. The fourth-order valence-corrected chi connectivity index (χ4v) is 2.63. The quantitative estimate of drug-likeness (QED) is 0.721. The van der Waals surface area contributed by atoms with E-state index in [0.29, 0.717) is 5.41 Å². The van der Waals surface area contributed by atoms with E-state index in [2.05, 4.69) is 43.5 Å². The van der Waals surface area contributed by atoms with Crippen LogP contribution in [-0.4, -0.2) is 36.8 Å². The van der Waals surface area contributed by atoms with E-state index >= 15 is 0 Å². The lowest BCUT2D eigenvalue weighted by molar-refractivity contribution is 0.175. The molecular formula is C14H23BrN4O. The van der Waals surface area contributed by atoms with Gasteiger partial charge in [-0.1, -0.05) is 6.92 Å². The molecule has 1 aromatic heterocycles. The summed E-state index contributed by atoms with van der Waals surface area (Å²) in [5.74, 6) is 1.72. The van der Waals surface area contributed by atoms with E-state index in [1.807, 2.05) is 0 Å². The third-order valence-corrected chi connectivity index (χ3v) is 4.51. The predicted octanol–water partition coefficient (Wildman–Crippen LogP) is 3.29. The number of rotatable bonds is 9. The van der Waals surface area contributed by atoms with Crippen molar-refractivity contribution in [3.05, 3.63) is 10.8 Å². The predicted molar refractivity (Wildman–Crippen MR) is 85.2 cm³/mol. The average Bonchev–Trinajstić information content (AvgIpc) is 3.23. The highest BCUT2D eigenvalue weighted by molar-refractivity contribution is 9.10. The fourth-order valence-electron chi connectivity index (χ4n) is 2.14. The minimum Gasteiger partial charge on any atom is -0.385 e. The zero-order chi connectivity index (χ0) is 14.4. The number of halogens is 1. The highest BCUT2D eigenvalue weighted by atomic mass is 79.9. The average molecular weight is 343 g/mol. The van der Waals surface area contributed by atoms with Crippen molar-refractivity contribution < 1.29 is 4.74 Å². The molecule has 5 nitrogen and oxygen atoms in total. The summed E-state index contributed by atoms with van der Waals surface area (Å²) in [5, 5.41) is 6.74. The van der Waals surface area contributed by atoms with E-state index in [1.165, 1.54) is 12.8 Å². The van der Waals surface area contributed by atoms with Gasteiger partial charge in [0.25, 0.3) is 0 Å². The molecule has 1 saturated carbocycles. The minimum atomic E-state index is 0.400. The molecule has 1 aliphatic rings. The van der Waals surface area contributed by atoms with Crippen molar-refractivity contribution in [1.82, 2.24) is 9.97 Å². The molecule has 0 atom stereocenters. The second-order valence-electron chi connectivity index (χ2n) is 5.41. The van der Waals surface area contributed by atoms with Crippen molar-refractivity contribution >= 4 is 27.6 Å². The molecule has 2 rings (SSSR count). The number of anilines is 2. The van der Waals surface area contributed by atoms with Crippen LogP contribution in [0.4, 0.5) is 11.6 Å². The first-order valence-electron chi connectivity index (χ1n) is 7.18. The minimum absolute atomic E-state index is 0.400. The zero-order valence-corrected chi connectivity index (χ0v) is 13.8. The lowest BCUT2D eigenvalue weighted by Gasteiger charge is -2.17. The Bertz CT molecular complexity index is 437. The highest BCUT2D eigenvalue weighted by Crippen LogP contribution is 2.48. The number of hydrogen-bond donors (Lipinski definition) is 2. The van der Waals surface area contributed by atoms with Gasteiger partial charge in [-0.05, 0) is 47.0 Å². The molecule has 112 valence electrons. The number of nitrogens with one attached hydrogen (secondary N) is 2. The van der Waals surface area contributed by atoms with Crippen molar-refractivity contribution in [2.75, 3.05) is 37.4 Å². The Morgan fingerprint density at radius 2 is 2.00 bits per heavy atom. The Morgan fingerprint density at radius 3 is 2.60 bits per heavy atom. The van der Waals surface area contributed by atoms with Crippen molar-refractivity contribution in [1.29, 1.82) is 0 Å². The standard InChI is InChI=1S/C14H23BrN4O/c1-3-7-16-12-11(15)13(19-10-18-12)17-9-14(4-5-14)6-8-20-2/h10H,3-9H2,1-2H3,(H2,16,17,18,19). The van der Waals surface area contributed by atoms with Gasteiger partial charge in [0, 0.05) is 26.8 Å². The van der Waals surface area contributed by atoms with Crippen molar-refractivity contribution in [2.45, 2.75) is 32.6 Å². The monoisotopic (exact) mass is 342 g/mol. The van der Waals surface area contributed by atoms with E-state index < -0.39 is 0 Å². The Hall–Kier alpha value is -0.880. The first-order valence-corrected chi connectivity index (χ1v) is 7.97. The summed E-state index contributed by atoms with van der Waals surface area (Å²) < 4.78 is 6.10. The van der Waals surface area contributed by atoms with Gasteiger partial charge in [0.2, 0.25) is 0 Å². The Morgan fingerprint density at radius 1 is 1.30 bits per heavy atom. The molecule has 1 fully saturated rings. The van der Waals surface area contributed by atoms with Gasteiger partial charge in [-0.3, -0.25) is 0 Å². The lowest BCUT2D eigenvalue weighted by Crippen LogP contribution is -2.18. The van der Waals surface area contributed by atoms with Gasteiger partial charge in [0.05, 0.1) is 0 Å². The second kappa shape index (κ2) is 7.22. The van der Waals surface area contributed by atoms with Crippen molar-refractivity contribution in [3.63, 3.8) is 0 Å². The van der Waals surface area contributed by atoms with Crippen molar-refractivity contribution in [3.8, 4) is 0 Å². The van der Waals surface area contributed by atoms with Gasteiger partial charge < -0.3 is 15.4 Å². The van der Waals surface area contributed by atoms with Crippen LogP contribution in [0.2, 0.25) is 0 Å². The molecule has 20 heavy (non-hydrogen) atoms. The van der Waals surface area contributed by atoms with Crippen LogP contribution in [-0.2, 0) is 4.74 Å². The maximum atomic E-state index is 5.18. The topological polar surface area (TPSA) is 59.1 Å². The Kier molecular flexibility index (Phi) is 5.60. The molecule has 1 aliphatic carbocycles. The maximum Gasteiger partial charge on any atom is 0.145 e. The Balaban J connectivity index is 1.92. The van der Waals surface area contributed by atoms with Crippen LogP contribution in [0.25, 0.3) is 0 Å². The van der Waals surface area contributed by atoms with E-state index in [-0.39, 0.29) is 0 Å². The van der Waals surface area contributed by atoms with Gasteiger partial charge in [-0.2, -0.15) is 0 Å². The van der Waals surface area contributed by atoms with E-state index in [4.69, 9.17) is 4.74 Å². The number of methoxy groups -OCH3 is 1. The molecule has 1 heterocycles. The number of ether oxygens (including phenoxy) is 1. The Labute approximate surface area is 129 Å². The van der Waals surface area contributed by atoms with Gasteiger partial charge in [0.15, 0.2) is 0 Å². The number of aromatic nitrogens is 2. The van der Waals surface area contributed by atoms with Gasteiger partial charge in [-0.25, -0.2) is 9.97 Å². The van der Waals surface area contributed by atoms with Crippen molar-refractivity contribution in [2.24, 2.45) is 5.41 Å². The third-order valence-electron chi connectivity index (χ3n) is 3.76. The van der Waals surface area contributed by atoms with Crippen LogP contribution in [0.3, 0.4) is 0 Å².